The maximum Gasteiger partial charge on any atom is 0.265 e. The molecule has 3 rings (SSSR count). The van der Waals surface area contributed by atoms with E-state index in [0.29, 0.717) is 18.0 Å². The summed E-state index contributed by atoms with van der Waals surface area (Å²) in [5, 5.41) is 2.82. The minimum atomic E-state index is -4.24. The minimum absolute atomic E-state index is 0.0768. The normalized spacial score (nSPS) is 10.9. The Morgan fingerprint density at radius 1 is 0.842 bits per heavy atom. The Morgan fingerprint density at radius 3 is 2.18 bits per heavy atom. The third-order valence-electron chi connectivity index (χ3n) is 5.54. The lowest BCUT2D eigenvalue weighted by Crippen LogP contribution is -2.41. The third kappa shape index (κ3) is 7.26. The highest BCUT2D eigenvalue weighted by atomic mass is 32.2. The van der Waals surface area contributed by atoms with E-state index in [1.165, 1.54) is 52.7 Å². The molecule has 0 heterocycles. The molecule has 1 N–H and O–H groups in total. The van der Waals surface area contributed by atoms with Crippen LogP contribution >= 0.6 is 11.8 Å². The molecule has 1 amide bonds. The average Bonchev–Trinajstić information content (AvgIpc) is 2.95. The Morgan fingerprint density at radius 2 is 1.53 bits per heavy atom. The van der Waals surface area contributed by atoms with Gasteiger partial charge in [0.1, 0.15) is 18.0 Å². The first kappa shape index (κ1) is 29.0. The lowest BCUT2D eigenvalue weighted by Gasteiger charge is -2.26. The zero-order chi connectivity index (χ0) is 27.5. The number of benzene rings is 3. The summed E-state index contributed by atoms with van der Waals surface area (Å²) < 4.78 is 50.0. The summed E-state index contributed by atoms with van der Waals surface area (Å²) in [6.07, 6.45) is 0.718. The van der Waals surface area contributed by atoms with Crippen LogP contribution in [0.25, 0.3) is 0 Å². The first-order chi connectivity index (χ1) is 18.3. The molecule has 3 aromatic rings. The van der Waals surface area contributed by atoms with Gasteiger partial charge < -0.3 is 24.3 Å². The van der Waals surface area contributed by atoms with Crippen molar-refractivity contribution in [1.82, 2.24) is 5.32 Å². The first-order valence-electron chi connectivity index (χ1n) is 11.8. The Hall–Kier alpha value is -3.57. The highest BCUT2D eigenvalue weighted by molar-refractivity contribution is 7.99. The van der Waals surface area contributed by atoms with E-state index in [1.54, 1.807) is 23.9 Å². The van der Waals surface area contributed by atoms with Gasteiger partial charge in [-0.1, -0.05) is 18.2 Å². The minimum Gasteiger partial charge on any atom is -0.497 e. The quantitative estimate of drug-likeness (QED) is 0.231. The van der Waals surface area contributed by atoms with E-state index in [2.05, 4.69) is 5.32 Å². The predicted molar refractivity (Wildman–Crippen MR) is 148 cm³/mol. The maximum absolute atomic E-state index is 13.9. The molecule has 0 aliphatic carbocycles. The molecule has 9 nitrogen and oxygen atoms in total. The Labute approximate surface area is 228 Å². The van der Waals surface area contributed by atoms with Gasteiger partial charge in [0.15, 0.2) is 11.5 Å². The van der Waals surface area contributed by atoms with Gasteiger partial charge >= 0.3 is 0 Å². The second-order valence-corrected chi connectivity index (χ2v) is 11.0. The van der Waals surface area contributed by atoms with Crippen LogP contribution in [0.4, 0.5) is 5.69 Å². The summed E-state index contributed by atoms with van der Waals surface area (Å²) >= 11 is 1.69. The number of anilines is 1. The number of rotatable bonds is 14. The first-order valence-corrected chi connectivity index (χ1v) is 14.2. The number of amides is 1. The molecule has 38 heavy (non-hydrogen) atoms. The van der Waals surface area contributed by atoms with Crippen molar-refractivity contribution in [2.24, 2.45) is 0 Å². The topological polar surface area (TPSA) is 103 Å². The zero-order valence-corrected chi connectivity index (χ0v) is 23.4. The molecule has 0 spiro atoms. The number of hydrogen-bond acceptors (Lipinski definition) is 8. The van der Waals surface area contributed by atoms with Gasteiger partial charge in [0.2, 0.25) is 5.91 Å². The van der Waals surface area contributed by atoms with Crippen molar-refractivity contribution in [2.45, 2.75) is 16.2 Å². The molecule has 0 saturated heterocycles. The van der Waals surface area contributed by atoms with Crippen molar-refractivity contribution in [3.63, 3.8) is 0 Å². The van der Waals surface area contributed by atoms with Gasteiger partial charge in [0.05, 0.1) is 39.0 Å². The fourth-order valence-corrected chi connectivity index (χ4v) is 5.90. The van der Waals surface area contributed by atoms with E-state index >= 15 is 0 Å². The number of nitrogens with zero attached hydrogens (tertiary/aromatic N) is 1. The van der Waals surface area contributed by atoms with Crippen LogP contribution in [0.5, 0.6) is 23.0 Å². The molecule has 3 aromatic carbocycles. The van der Waals surface area contributed by atoms with Crippen LogP contribution in [0.2, 0.25) is 0 Å². The van der Waals surface area contributed by atoms with E-state index in [-0.39, 0.29) is 22.1 Å². The number of carbonyl (C=O) groups is 1. The number of thioether (sulfide) groups is 1. The summed E-state index contributed by atoms with van der Waals surface area (Å²) in [5.74, 6) is 1.65. The number of carbonyl (C=O) groups excluding carboxylic acids is 1. The lowest BCUT2D eigenvalue weighted by molar-refractivity contribution is -0.119. The monoisotopic (exact) mass is 560 g/mol. The number of sulfonamides is 1. The van der Waals surface area contributed by atoms with Gasteiger partial charge in [-0.25, -0.2) is 8.42 Å². The molecule has 0 unspecified atom stereocenters. The van der Waals surface area contributed by atoms with E-state index < -0.39 is 22.5 Å². The fourth-order valence-electron chi connectivity index (χ4n) is 3.59. The number of nitrogens with one attached hydrogen (secondary N) is 1. The van der Waals surface area contributed by atoms with Crippen LogP contribution in [0, 0.1) is 0 Å². The number of ether oxygens (including phenoxy) is 4. The molecular weight excluding hydrogens is 528 g/mol. The fraction of sp³-hybridized carbons (Fsp3) is 0.296. The molecule has 0 aliphatic heterocycles. The van der Waals surface area contributed by atoms with Crippen LogP contribution in [0.15, 0.2) is 76.5 Å². The van der Waals surface area contributed by atoms with Crippen LogP contribution in [0.3, 0.4) is 0 Å². The summed E-state index contributed by atoms with van der Waals surface area (Å²) in [7, 11) is 1.54. The SMILES string of the molecule is COc1ccc(OC)c(N(CC(=O)NCCCSc2ccccc2)S(=O)(=O)c2ccc(OC)c(OC)c2)c1. The molecule has 0 saturated carbocycles. The smallest absolute Gasteiger partial charge is 0.265 e. The van der Waals surface area contributed by atoms with Gasteiger partial charge in [0, 0.05) is 23.6 Å². The van der Waals surface area contributed by atoms with Crippen molar-refractivity contribution in [2.75, 3.05) is 51.6 Å². The van der Waals surface area contributed by atoms with E-state index in [4.69, 9.17) is 18.9 Å². The lowest BCUT2D eigenvalue weighted by atomic mass is 10.2. The average molecular weight is 561 g/mol. The summed E-state index contributed by atoms with van der Waals surface area (Å²) in [6.45, 7) is -0.0653. The molecule has 0 bridgehead atoms. The second-order valence-electron chi connectivity index (χ2n) is 7.93. The summed E-state index contributed by atoms with van der Waals surface area (Å²) in [5.41, 5.74) is 0.163. The van der Waals surface area contributed by atoms with Gasteiger partial charge in [-0.05, 0) is 48.6 Å². The molecular formula is C27H32N2O7S2. The van der Waals surface area contributed by atoms with Crippen molar-refractivity contribution in [1.29, 1.82) is 0 Å². The van der Waals surface area contributed by atoms with Crippen molar-refractivity contribution in [3.8, 4) is 23.0 Å². The molecule has 0 aromatic heterocycles. The Bertz CT molecular complexity index is 1320. The van der Waals surface area contributed by atoms with E-state index in [1.807, 2.05) is 30.3 Å². The van der Waals surface area contributed by atoms with Crippen molar-refractivity contribution >= 4 is 33.4 Å². The molecule has 11 heteroatoms. The molecule has 0 atom stereocenters. The van der Waals surface area contributed by atoms with Crippen molar-refractivity contribution < 1.29 is 32.2 Å². The van der Waals surface area contributed by atoms with Crippen LogP contribution in [-0.2, 0) is 14.8 Å². The second kappa shape index (κ2) is 13.8. The van der Waals surface area contributed by atoms with Crippen LogP contribution in [-0.4, -0.2) is 61.6 Å². The summed E-state index contributed by atoms with van der Waals surface area (Å²) in [4.78, 5) is 14.0. The van der Waals surface area contributed by atoms with Gasteiger partial charge in [0.25, 0.3) is 10.0 Å². The molecule has 204 valence electrons. The highest BCUT2D eigenvalue weighted by Crippen LogP contribution is 2.37. The van der Waals surface area contributed by atoms with Gasteiger partial charge in [-0.15, -0.1) is 11.8 Å². The van der Waals surface area contributed by atoms with E-state index in [9.17, 15) is 13.2 Å². The molecule has 0 fully saturated rings. The number of hydrogen-bond donors (Lipinski definition) is 1. The third-order valence-corrected chi connectivity index (χ3v) is 8.39. The highest BCUT2D eigenvalue weighted by Gasteiger charge is 2.31. The standard InChI is InChI=1S/C27H32N2O7S2/c1-33-20-11-13-24(34-2)23(17-20)29(38(31,32)22-12-14-25(35-3)26(18-22)36-4)19-27(30)28-15-8-16-37-21-9-6-5-7-10-21/h5-7,9-14,17-18H,8,15-16,19H2,1-4H3,(H,28,30). The summed E-state index contributed by atoms with van der Waals surface area (Å²) in [6, 6.07) is 19.0. The van der Waals surface area contributed by atoms with Gasteiger partial charge in [-0.3, -0.25) is 9.10 Å². The van der Waals surface area contributed by atoms with Crippen LogP contribution < -0.4 is 28.6 Å². The maximum atomic E-state index is 13.9. The largest absolute Gasteiger partial charge is 0.497 e. The Kier molecular flexibility index (Phi) is 10.5. The number of methoxy groups -OCH3 is 4. The molecule has 0 radical (unpaired) electrons. The molecule has 0 aliphatic rings. The van der Waals surface area contributed by atoms with Crippen LogP contribution in [0.1, 0.15) is 6.42 Å². The van der Waals surface area contributed by atoms with E-state index in [0.717, 1.165) is 21.4 Å². The predicted octanol–water partition coefficient (Wildman–Crippen LogP) is 4.21. The Balaban J connectivity index is 1.84. The van der Waals surface area contributed by atoms with Gasteiger partial charge in [-0.2, -0.15) is 0 Å². The van der Waals surface area contributed by atoms with Crippen molar-refractivity contribution in [3.05, 3.63) is 66.7 Å². The zero-order valence-electron chi connectivity index (χ0n) is 21.8.